The van der Waals surface area contributed by atoms with E-state index in [0.29, 0.717) is 47.5 Å². The summed E-state index contributed by atoms with van der Waals surface area (Å²) < 4.78 is 22.7. The van der Waals surface area contributed by atoms with Gasteiger partial charge in [-0.15, -0.1) is 10.2 Å². The van der Waals surface area contributed by atoms with Gasteiger partial charge in [-0.05, 0) is 96.2 Å². The molecule has 2 fully saturated rings. The second kappa shape index (κ2) is 16.8. The standard InChI is InChI=1S/C40H48ClN5O6/c1-6-25(7-2)21-35(47)34-23-29-22-32(20-15-28(29)24-45(34)40(48)51-5)52-36-10-8-9-33(41)37(36)39-42-44-46(43-39)38(26-11-16-30(49-3)17-12-26)27-13-18-31(50-4)19-14-27/h8-14,16-19,25,28-29,32,34,38H,6-7,15,20-24H2,1-5H3/t28?,29?,32-,34-/m0/s1. The van der Waals surface area contributed by atoms with Gasteiger partial charge < -0.3 is 18.9 Å². The molecule has 6 rings (SSSR count). The minimum atomic E-state index is -0.488. The summed E-state index contributed by atoms with van der Waals surface area (Å²) in [5.41, 5.74) is 2.45. The van der Waals surface area contributed by atoms with Crippen molar-refractivity contribution in [1.29, 1.82) is 0 Å². The number of Topliss-reactive ketones (excluding diaryl/α,β-unsaturated/α-hetero) is 1. The molecule has 12 heteroatoms. The highest BCUT2D eigenvalue weighted by Crippen LogP contribution is 2.43. The Morgan fingerprint density at radius 2 is 1.52 bits per heavy atom. The lowest BCUT2D eigenvalue weighted by atomic mass is 9.71. The van der Waals surface area contributed by atoms with E-state index in [2.05, 4.69) is 24.2 Å². The molecular weight excluding hydrogens is 682 g/mol. The van der Waals surface area contributed by atoms with Crippen molar-refractivity contribution < 1.29 is 28.5 Å². The van der Waals surface area contributed by atoms with E-state index in [4.69, 9.17) is 35.6 Å². The highest BCUT2D eigenvalue weighted by atomic mass is 35.5. The summed E-state index contributed by atoms with van der Waals surface area (Å²) in [5, 5.41) is 14.3. The molecule has 52 heavy (non-hydrogen) atoms. The van der Waals surface area contributed by atoms with Gasteiger partial charge in [0.1, 0.15) is 23.3 Å². The average Bonchev–Trinajstić information content (AvgIpc) is 3.65. The molecule has 1 saturated heterocycles. The van der Waals surface area contributed by atoms with E-state index in [9.17, 15) is 9.59 Å². The van der Waals surface area contributed by atoms with Crippen LogP contribution in [0.25, 0.3) is 11.4 Å². The van der Waals surface area contributed by atoms with Crippen LogP contribution in [0.4, 0.5) is 4.79 Å². The Morgan fingerprint density at radius 1 is 0.865 bits per heavy atom. The number of fused-ring (bicyclic) bond motifs is 1. The number of hydrogen-bond donors (Lipinski definition) is 0. The van der Waals surface area contributed by atoms with Crippen LogP contribution in [0, 0.1) is 17.8 Å². The van der Waals surface area contributed by atoms with Gasteiger partial charge in [0.05, 0.1) is 44.1 Å². The minimum Gasteiger partial charge on any atom is -0.497 e. The molecular formula is C40H48ClN5O6. The van der Waals surface area contributed by atoms with Gasteiger partial charge in [-0.25, -0.2) is 4.79 Å². The Kier molecular flexibility index (Phi) is 12.0. The quantitative estimate of drug-likeness (QED) is 0.135. The van der Waals surface area contributed by atoms with Crippen LogP contribution in [-0.2, 0) is 9.53 Å². The number of hydrogen-bond acceptors (Lipinski definition) is 9. The summed E-state index contributed by atoms with van der Waals surface area (Å²) >= 11 is 6.85. The maximum Gasteiger partial charge on any atom is 0.410 e. The number of carbonyl (C=O) groups excluding carboxylic acids is 2. The van der Waals surface area contributed by atoms with Crippen LogP contribution in [-0.4, -0.2) is 77.0 Å². The van der Waals surface area contributed by atoms with E-state index in [1.165, 1.54) is 7.11 Å². The number of methoxy groups -OCH3 is 3. The molecule has 1 amide bonds. The van der Waals surface area contributed by atoms with E-state index in [1.807, 2.05) is 60.7 Å². The summed E-state index contributed by atoms with van der Waals surface area (Å²) in [6, 6.07) is 20.2. The minimum absolute atomic E-state index is 0.112. The summed E-state index contributed by atoms with van der Waals surface area (Å²) in [5.74, 6) is 3.34. The van der Waals surface area contributed by atoms with Crippen molar-refractivity contribution in [2.24, 2.45) is 17.8 Å². The maximum absolute atomic E-state index is 13.6. The van der Waals surface area contributed by atoms with Crippen molar-refractivity contribution in [2.45, 2.75) is 77.0 Å². The number of halogens is 1. The Balaban J connectivity index is 1.24. The number of ketones is 1. The zero-order valence-corrected chi connectivity index (χ0v) is 31.3. The third-order valence-corrected chi connectivity index (χ3v) is 11.2. The van der Waals surface area contributed by atoms with Crippen molar-refractivity contribution in [3.63, 3.8) is 0 Å². The smallest absolute Gasteiger partial charge is 0.410 e. The molecule has 0 spiro atoms. The van der Waals surface area contributed by atoms with E-state index < -0.39 is 18.2 Å². The topological polar surface area (TPSA) is 118 Å². The SMILES string of the molecule is CCC(CC)CC(=O)[C@@H]1CC2C[C@@H](Oc3cccc(Cl)c3-c3nnn(C(c4ccc(OC)cc4)c4ccc(OC)cc4)n3)CCC2CN1C(=O)OC. The van der Waals surface area contributed by atoms with Crippen LogP contribution < -0.4 is 14.2 Å². The van der Waals surface area contributed by atoms with Crippen LogP contribution in [0.1, 0.15) is 76.0 Å². The maximum atomic E-state index is 13.6. The van der Waals surface area contributed by atoms with Crippen molar-refractivity contribution in [3.05, 3.63) is 82.9 Å². The largest absolute Gasteiger partial charge is 0.497 e. The van der Waals surface area contributed by atoms with Crippen LogP contribution in [0.3, 0.4) is 0 Å². The highest BCUT2D eigenvalue weighted by Gasteiger charge is 2.44. The van der Waals surface area contributed by atoms with Gasteiger partial charge in [-0.2, -0.15) is 4.80 Å². The van der Waals surface area contributed by atoms with Gasteiger partial charge in [0.2, 0.25) is 5.82 Å². The van der Waals surface area contributed by atoms with Crippen molar-refractivity contribution in [3.8, 4) is 28.6 Å². The van der Waals surface area contributed by atoms with E-state index >= 15 is 0 Å². The first-order valence-electron chi connectivity index (χ1n) is 18.2. The summed E-state index contributed by atoms with van der Waals surface area (Å²) in [7, 11) is 4.66. The first-order chi connectivity index (χ1) is 25.3. The van der Waals surface area contributed by atoms with E-state index in [1.54, 1.807) is 30.0 Å². The number of ether oxygens (including phenoxy) is 4. The number of piperidine rings is 1. The molecule has 2 aliphatic rings. The third-order valence-electron chi connectivity index (χ3n) is 10.9. The first-order valence-corrected chi connectivity index (χ1v) is 18.5. The lowest BCUT2D eigenvalue weighted by Crippen LogP contribution is -2.55. The fourth-order valence-corrected chi connectivity index (χ4v) is 8.05. The Bertz CT molecular complexity index is 1760. The predicted octanol–water partition coefficient (Wildman–Crippen LogP) is 8.05. The normalized spacial score (nSPS) is 20.0. The first kappa shape index (κ1) is 37.1. The number of carbonyl (C=O) groups is 2. The fourth-order valence-electron chi connectivity index (χ4n) is 7.80. The van der Waals surface area contributed by atoms with E-state index in [0.717, 1.165) is 54.7 Å². The number of rotatable bonds is 13. The van der Waals surface area contributed by atoms with E-state index in [-0.39, 0.29) is 23.7 Å². The van der Waals surface area contributed by atoms with Gasteiger partial charge in [0.25, 0.3) is 0 Å². The molecule has 1 aliphatic carbocycles. The predicted molar refractivity (Wildman–Crippen MR) is 198 cm³/mol. The number of tetrazole rings is 1. The molecule has 4 atom stereocenters. The molecule has 11 nitrogen and oxygen atoms in total. The zero-order valence-electron chi connectivity index (χ0n) is 30.5. The molecule has 276 valence electrons. The number of likely N-dealkylation sites (tertiary alicyclic amines) is 1. The van der Waals surface area contributed by atoms with Crippen LogP contribution >= 0.6 is 11.6 Å². The number of aromatic nitrogens is 4. The fraction of sp³-hybridized carbons (Fsp3) is 0.475. The highest BCUT2D eigenvalue weighted by molar-refractivity contribution is 6.33. The van der Waals surface area contributed by atoms with Crippen LogP contribution in [0.2, 0.25) is 5.02 Å². The Labute approximate surface area is 310 Å². The second-order valence-corrected chi connectivity index (χ2v) is 14.2. The lowest BCUT2D eigenvalue weighted by Gasteiger charge is -2.46. The molecule has 1 aliphatic heterocycles. The molecule has 3 aromatic carbocycles. The summed E-state index contributed by atoms with van der Waals surface area (Å²) in [4.78, 5) is 29.7. The number of benzene rings is 3. The number of nitrogens with zero attached hydrogens (tertiary/aromatic N) is 5. The number of amides is 1. The molecule has 0 radical (unpaired) electrons. The van der Waals surface area contributed by atoms with Gasteiger partial charge in [0.15, 0.2) is 5.78 Å². The summed E-state index contributed by atoms with van der Waals surface area (Å²) in [6.45, 7) is 4.74. The second-order valence-electron chi connectivity index (χ2n) is 13.8. The molecule has 0 bridgehead atoms. The lowest BCUT2D eigenvalue weighted by molar-refractivity contribution is -0.128. The zero-order chi connectivity index (χ0) is 36.8. The molecule has 4 aromatic rings. The van der Waals surface area contributed by atoms with Crippen LogP contribution in [0.5, 0.6) is 17.2 Å². The van der Waals surface area contributed by atoms with Gasteiger partial charge in [-0.3, -0.25) is 9.69 Å². The average molecular weight is 730 g/mol. The molecule has 0 N–H and O–H groups in total. The van der Waals surface area contributed by atoms with Gasteiger partial charge >= 0.3 is 6.09 Å². The van der Waals surface area contributed by atoms with Crippen molar-refractivity contribution in [2.75, 3.05) is 27.9 Å². The molecule has 1 saturated carbocycles. The van der Waals surface area contributed by atoms with Crippen molar-refractivity contribution in [1.82, 2.24) is 25.1 Å². The third kappa shape index (κ3) is 8.04. The molecule has 2 unspecified atom stereocenters. The Hall–Kier alpha value is -4.64. The van der Waals surface area contributed by atoms with Gasteiger partial charge in [-0.1, -0.05) is 68.6 Å². The van der Waals surface area contributed by atoms with Crippen molar-refractivity contribution >= 4 is 23.5 Å². The van der Waals surface area contributed by atoms with Gasteiger partial charge in [0, 0.05) is 13.0 Å². The monoisotopic (exact) mass is 729 g/mol. The van der Waals surface area contributed by atoms with Crippen LogP contribution in [0.15, 0.2) is 66.7 Å². The summed E-state index contributed by atoms with van der Waals surface area (Å²) in [6.07, 6.45) is 4.83. The molecule has 2 heterocycles. The molecule has 1 aromatic heterocycles. The Morgan fingerprint density at radius 3 is 2.12 bits per heavy atom.